The number of hydrogen-bond donors (Lipinski definition) is 1. The average Bonchev–Trinajstić information content (AvgIpc) is 2.95. The van der Waals surface area contributed by atoms with Crippen molar-refractivity contribution in [1.29, 1.82) is 0 Å². The second-order valence-electron chi connectivity index (χ2n) is 4.04. The molecule has 0 saturated heterocycles. The van der Waals surface area contributed by atoms with E-state index in [1.165, 1.54) is 0 Å². The summed E-state index contributed by atoms with van der Waals surface area (Å²) in [7, 11) is 0. The Morgan fingerprint density at radius 2 is 2.00 bits per heavy atom. The van der Waals surface area contributed by atoms with Gasteiger partial charge in [0.1, 0.15) is 5.01 Å². The van der Waals surface area contributed by atoms with E-state index in [0.29, 0.717) is 22.6 Å². The number of halogens is 3. The number of alkyl halides is 3. The predicted octanol–water partition coefficient (Wildman–Crippen LogP) is 1.76. The summed E-state index contributed by atoms with van der Waals surface area (Å²) >= 11 is 0.948. The minimum absolute atomic E-state index is 0.0365. The third-order valence-corrected chi connectivity index (χ3v) is 3.63. The van der Waals surface area contributed by atoms with Crippen molar-refractivity contribution < 1.29 is 18.0 Å². The topological polar surface area (TPSA) is 75.4 Å². The van der Waals surface area contributed by atoms with E-state index in [-0.39, 0.29) is 17.5 Å². The Balaban J connectivity index is 2.10. The molecule has 0 spiro atoms. The van der Waals surface area contributed by atoms with Gasteiger partial charge in [-0.15, -0.1) is 10.2 Å². The zero-order valence-electron chi connectivity index (χ0n) is 11.3. The Labute approximate surface area is 121 Å². The molecule has 0 aliphatic carbocycles. The van der Waals surface area contributed by atoms with Gasteiger partial charge in [0.05, 0.1) is 6.54 Å². The Kier molecular flexibility index (Phi) is 4.30. The molecule has 11 heteroatoms. The highest BCUT2D eigenvalue weighted by Gasteiger charge is 2.38. The molecule has 0 atom stereocenters. The van der Waals surface area contributed by atoms with Gasteiger partial charge < -0.3 is 10.2 Å². The Bertz CT molecular complexity index is 632. The number of urea groups is 1. The van der Waals surface area contributed by atoms with Crippen LogP contribution in [0.2, 0.25) is 0 Å². The lowest BCUT2D eigenvalue weighted by molar-refractivity contribution is -0.146. The van der Waals surface area contributed by atoms with Gasteiger partial charge >= 0.3 is 12.2 Å². The van der Waals surface area contributed by atoms with Crippen LogP contribution in [0, 0.1) is 0 Å². The monoisotopic (exact) mass is 322 g/mol. The largest absolute Gasteiger partial charge is 0.453 e. The highest BCUT2D eigenvalue weighted by Crippen LogP contribution is 2.28. The fraction of sp³-hybridized carbons (Fsp3) is 0.600. The average molecular weight is 322 g/mol. The van der Waals surface area contributed by atoms with Gasteiger partial charge in [0, 0.05) is 13.1 Å². The summed E-state index contributed by atoms with van der Waals surface area (Å²) < 4.78 is 38.6. The molecule has 0 aliphatic rings. The van der Waals surface area contributed by atoms with E-state index in [1.54, 1.807) is 4.90 Å². The van der Waals surface area contributed by atoms with Crippen molar-refractivity contribution in [2.24, 2.45) is 0 Å². The Hall–Kier alpha value is -1.91. The molecule has 2 amide bonds. The standard InChI is InChI=1S/C10H13F3N6OS/c1-3-18(4-2)8(20)14-5-6-17-19-7(10(11,12)13)15-16-9(19)21-6/h3-5H2,1-2H3,(H,14,20). The quantitative estimate of drug-likeness (QED) is 0.930. The van der Waals surface area contributed by atoms with Crippen LogP contribution in [0.1, 0.15) is 24.7 Å². The van der Waals surface area contributed by atoms with Crippen molar-refractivity contribution in [2.45, 2.75) is 26.6 Å². The summed E-state index contributed by atoms with van der Waals surface area (Å²) in [6.45, 7) is 4.81. The van der Waals surface area contributed by atoms with Gasteiger partial charge in [0.2, 0.25) is 4.96 Å². The van der Waals surface area contributed by atoms with Gasteiger partial charge in [-0.1, -0.05) is 11.3 Å². The van der Waals surface area contributed by atoms with E-state index >= 15 is 0 Å². The third kappa shape index (κ3) is 3.23. The zero-order chi connectivity index (χ0) is 15.6. The molecule has 0 fully saturated rings. The fourth-order valence-electron chi connectivity index (χ4n) is 1.68. The lowest BCUT2D eigenvalue weighted by Gasteiger charge is -2.18. The Morgan fingerprint density at radius 3 is 2.57 bits per heavy atom. The number of rotatable bonds is 4. The summed E-state index contributed by atoms with van der Waals surface area (Å²) in [5.41, 5.74) is 0. The first-order valence-corrected chi connectivity index (χ1v) is 6.99. The van der Waals surface area contributed by atoms with Crippen LogP contribution in [0.5, 0.6) is 0 Å². The maximum absolute atomic E-state index is 12.6. The van der Waals surface area contributed by atoms with Gasteiger partial charge in [0.15, 0.2) is 0 Å². The molecular weight excluding hydrogens is 309 g/mol. The molecule has 2 aromatic rings. The van der Waals surface area contributed by atoms with Crippen LogP contribution in [0.25, 0.3) is 4.96 Å². The van der Waals surface area contributed by atoms with Crippen LogP contribution in [0.4, 0.5) is 18.0 Å². The maximum Gasteiger partial charge on any atom is 0.453 e. The lowest BCUT2D eigenvalue weighted by Crippen LogP contribution is -2.39. The number of aromatic nitrogens is 4. The van der Waals surface area contributed by atoms with Gasteiger partial charge in [-0.05, 0) is 13.8 Å². The summed E-state index contributed by atoms with van der Waals surface area (Å²) in [4.78, 5) is 13.3. The smallest absolute Gasteiger partial charge is 0.331 e. The van der Waals surface area contributed by atoms with E-state index in [2.05, 4.69) is 20.6 Å². The van der Waals surface area contributed by atoms with Crippen LogP contribution in [-0.2, 0) is 12.7 Å². The molecule has 0 aromatic carbocycles. The van der Waals surface area contributed by atoms with E-state index in [4.69, 9.17) is 0 Å². The molecule has 0 saturated carbocycles. The fourth-order valence-corrected chi connectivity index (χ4v) is 2.45. The number of amides is 2. The van der Waals surface area contributed by atoms with Crippen molar-refractivity contribution in [3.63, 3.8) is 0 Å². The SMILES string of the molecule is CCN(CC)C(=O)NCc1nn2c(C(F)(F)F)nnc2s1. The van der Waals surface area contributed by atoms with Crippen LogP contribution >= 0.6 is 11.3 Å². The van der Waals surface area contributed by atoms with E-state index in [1.807, 2.05) is 13.8 Å². The zero-order valence-corrected chi connectivity index (χ0v) is 12.1. The van der Waals surface area contributed by atoms with E-state index in [9.17, 15) is 18.0 Å². The maximum atomic E-state index is 12.6. The predicted molar refractivity (Wildman–Crippen MR) is 68.8 cm³/mol. The molecule has 7 nitrogen and oxygen atoms in total. The molecule has 0 bridgehead atoms. The molecule has 2 rings (SSSR count). The molecule has 2 heterocycles. The molecular formula is C10H13F3N6OS. The molecule has 116 valence electrons. The van der Waals surface area contributed by atoms with Crippen LogP contribution < -0.4 is 5.32 Å². The molecule has 0 unspecified atom stereocenters. The first-order valence-electron chi connectivity index (χ1n) is 6.17. The van der Waals surface area contributed by atoms with Crippen molar-refractivity contribution in [1.82, 2.24) is 30.0 Å². The number of nitrogens with zero attached hydrogens (tertiary/aromatic N) is 5. The van der Waals surface area contributed by atoms with Crippen LogP contribution in [0.15, 0.2) is 0 Å². The second-order valence-corrected chi connectivity index (χ2v) is 5.08. The molecule has 1 N–H and O–H groups in total. The summed E-state index contributed by atoms with van der Waals surface area (Å²) in [6, 6.07) is -0.290. The lowest BCUT2D eigenvalue weighted by atomic mass is 10.5. The van der Waals surface area contributed by atoms with E-state index in [0.717, 1.165) is 11.3 Å². The summed E-state index contributed by atoms with van der Waals surface area (Å²) in [6.07, 6.45) is -4.62. The number of carbonyl (C=O) groups is 1. The molecule has 21 heavy (non-hydrogen) atoms. The number of carbonyl (C=O) groups excluding carboxylic acids is 1. The van der Waals surface area contributed by atoms with E-state index < -0.39 is 12.0 Å². The highest BCUT2D eigenvalue weighted by atomic mass is 32.1. The first-order chi connectivity index (χ1) is 9.86. The number of hydrogen-bond acceptors (Lipinski definition) is 5. The van der Waals surface area contributed by atoms with Crippen molar-refractivity contribution in [3.05, 3.63) is 10.8 Å². The minimum Gasteiger partial charge on any atom is -0.331 e. The minimum atomic E-state index is -4.62. The Morgan fingerprint density at radius 1 is 1.33 bits per heavy atom. The highest BCUT2D eigenvalue weighted by molar-refractivity contribution is 7.16. The number of fused-ring (bicyclic) bond motifs is 1. The molecule has 0 aliphatic heterocycles. The summed E-state index contributed by atoms with van der Waals surface area (Å²) in [5.74, 6) is -1.17. The second kappa shape index (κ2) is 5.84. The van der Waals surface area contributed by atoms with Crippen LogP contribution in [-0.4, -0.2) is 43.8 Å². The van der Waals surface area contributed by atoms with Crippen molar-refractivity contribution >= 4 is 22.3 Å². The first kappa shape index (κ1) is 15.5. The van der Waals surface area contributed by atoms with Gasteiger partial charge in [0.25, 0.3) is 5.82 Å². The summed E-state index contributed by atoms with van der Waals surface area (Å²) in [5, 5.41) is 13.2. The molecule has 0 radical (unpaired) electrons. The van der Waals surface area contributed by atoms with Gasteiger partial charge in [-0.25, -0.2) is 4.79 Å². The van der Waals surface area contributed by atoms with Gasteiger partial charge in [-0.2, -0.15) is 22.8 Å². The van der Waals surface area contributed by atoms with Gasteiger partial charge in [-0.3, -0.25) is 0 Å². The molecule has 2 aromatic heterocycles. The number of nitrogens with one attached hydrogen (secondary N) is 1. The van der Waals surface area contributed by atoms with Crippen molar-refractivity contribution in [2.75, 3.05) is 13.1 Å². The van der Waals surface area contributed by atoms with Crippen LogP contribution in [0.3, 0.4) is 0 Å². The third-order valence-electron chi connectivity index (χ3n) is 2.73. The van der Waals surface area contributed by atoms with Crippen molar-refractivity contribution in [3.8, 4) is 0 Å². The normalized spacial score (nSPS) is 11.9.